The second-order valence-corrected chi connectivity index (χ2v) is 8.31. The molecule has 1 heterocycles. The smallest absolute Gasteiger partial charge is 0.255 e. The molecule has 2 N–H and O–H groups in total. The van der Waals surface area contributed by atoms with E-state index < -0.39 is 0 Å². The number of nitrogens with zero attached hydrogens (tertiary/aromatic N) is 1. The van der Waals surface area contributed by atoms with Crippen molar-refractivity contribution in [2.45, 2.75) is 30.4 Å². The van der Waals surface area contributed by atoms with Crippen LogP contribution in [0.5, 0.6) is 0 Å². The van der Waals surface area contributed by atoms with Crippen molar-refractivity contribution in [3.05, 3.63) is 71.2 Å². The van der Waals surface area contributed by atoms with Crippen LogP contribution in [0.15, 0.2) is 65.0 Å². The number of aromatic nitrogens is 1. The molecule has 2 amide bonds. The second kappa shape index (κ2) is 9.52. The summed E-state index contributed by atoms with van der Waals surface area (Å²) in [5.74, 6) is -0.217. The molecule has 1 atom stereocenters. The van der Waals surface area contributed by atoms with Gasteiger partial charge in [0.05, 0.1) is 5.25 Å². The topological polar surface area (TPSA) is 71.1 Å². The van der Waals surface area contributed by atoms with Gasteiger partial charge in [0, 0.05) is 27.7 Å². The lowest BCUT2D eigenvalue weighted by atomic mass is 10.1. The Hall–Kier alpha value is -2.64. The van der Waals surface area contributed by atoms with Crippen LogP contribution in [0.25, 0.3) is 0 Å². The lowest BCUT2D eigenvalue weighted by Crippen LogP contribution is -2.24. The summed E-state index contributed by atoms with van der Waals surface area (Å²) in [7, 11) is 0. The molecular formula is C21H21N3O2S2. The summed E-state index contributed by atoms with van der Waals surface area (Å²) in [6.45, 7) is 3.89. The Balaban J connectivity index is 1.67. The number of carbonyl (C=O) groups excluding carboxylic acids is 2. The number of benzene rings is 2. The molecule has 144 valence electrons. The molecule has 0 fully saturated rings. The van der Waals surface area contributed by atoms with Gasteiger partial charge in [0.25, 0.3) is 5.91 Å². The Morgan fingerprint density at radius 2 is 1.96 bits per heavy atom. The van der Waals surface area contributed by atoms with Gasteiger partial charge < -0.3 is 10.6 Å². The van der Waals surface area contributed by atoms with Crippen LogP contribution in [0.3, 0.4) is 0 Å². The Bertz CT molecular complexity index is 958. The second-order valence-electron chi connectivity index (χ2n) is 6.14. The fourth-order valence-electron chi connectivity index (χ4n) is 2.63. The Labute approximate surface area is 172 Å². The number of amides is 2. The molecule has 0 bridgehead atoms. The molecule has 7 heteroatoms. The molecule has 0 aliphatic carbocycles. The molecule has 1 aromatic heterocycles. The van der Waals surface area contributed by atoms with Gasteiger partial charge in [-0.05, 0) is 43.2 Å². The van der Waals surface area contributed by atoms with Crippen LogP contribution in [0.2, 0.25) is 0 Å². The van der Waals surface area contributed by atoms with E-state index in [0.717, 1.165) is 10.5 Å². The number of nitrogens with one attached hydrogen (secondary N) is 2. The summed E-state index contributed by atoms with van der Waals surface area (Å²) in [5.41, 5.74) is 2.28. The van der Waals surface area contributed by atoms with Gasteiger partial charge in [-0.2, -0.15) is 0 Å². The van der Waals surface area contributed by atoms with E-state index >= 15 is 0 Å². The Kier molecular flexibility index (Phi) is 6.84. The Morgan fingerprint density at radius 3 is 2.68 bits per heavy atom. The van der Waals surface area contributed by atoms with E-state index in [4.69, 9.17) is 0 Å². The summed E-state index contributed by atoms with van der Waals surface area (Å²) in [5, 5.41) is 7.96. The normalized spacial score (nSPS) is 11.6. The SMILES string of the molecule is CCC(Sc1cccc(NC(=O)c2ccccc2C)c1)C(=O)Nc1nccs1. The first-order valence-corrected chi connectivity index (χ1v) is 10.7. The van der Waals surface area contributed by atoms with Crippen molar-refractivity contribution >= 4 is 45.7 Å². The highest BCUT2D eigenvalue weighted by Gasteiger charge is 2.19. The molecule has 0 saturated heterocycles. The fraction of sp³-hybridized carbons (Fsp3) is 0.190. The number of thiazole rings is 1. The third-order valence-electron chi connectivity index (χ3n) is 4.09. The van der Waals surface area contributed by atoms with Crippen molar-refractivity contribution < 1.29 is 9.59 Å². The zero-order chi connectivity index (χ0) is 19.9. The first-order valence-electron chi connectivity index (χ1n) is 8.91. The largest absolute Gasteiger partial charge is 0.322 e. The highest BCUT2D eigenvalue weighted by molar-refractivity contribution is 8.00. The summed E-state index contributed by atoms with van der Waals surface area (Å²) < 4.78 is 0. The highest BCUT2D eigenvalue weighted by atomic mass is 32.2. The molecular weight excluding hydrogens is 390 g/mol. The lowest BCUT2D eigenvalue weighted by Gasteiger charge is -2.14. The van der Waals surface area contributed by atoms with Crippen LogP contribution >= 0.6 is 23.1 Å². The van der Waals surface area contributed by atoms with Gasteiger partial charge in [0.15, 0.2) is 5.13 Å². The van der Waals surface area contributed by atoms with Gasteiger partial charge in [-0.3, -0.25) is 9.59 Å². The highest BCUT2D eigenvalue weighted by Crippen LogP contribution is 2.29. The van der Waals surface area contributed by atoms with Crippen LogP contribution in [-0.4, -0.2) is 22.0 Å². The number of thioether (sulfide) groups is 1. The maximum atomic E-state index is 12.5. The molecule has 3 aromatic rings. The van der Waals surface area contributed by atoms with E-state index in [-0.39, 0.29) is 17.1 Å². The van der Waals surface area contributed by atoms with Crippen LogP contribution in [0, 0.1) is 6.92 Å². The maximum Gasteiger partial charge on any atom is 0.255 e. The number of hydrogen-bond donors (Lipinski definition) is 2. The quantitative estimate of drug-likeness (QED) is 0.523. The van der Waals surface area contributed by atoms with Crippen molar-refractivity contribution in [2.75, 3.05) is 10.6 Å². The van der Waals surface area contributed by atoms with Crippen molar-refractivity contribution in [2.24, 2.45) is 0 Å². The van der Waals surface area contributed by atoms with Gasteiger partial charge in [0.2, 0.25) is 5.91 Å². The summed E-state index contributed by atoms with van der Waals surface area (Å²) in [6, 6.07) is 15.0. The van der Waals surface area contributed by atoms with E-state index in [1.54, 1.807) is 12.3 Å². The van der Waals surface area contributed by atoms with Gasteiger partial charge in [0.1, 0.15) is 0 Å². The van der Waals surface area contributed by atoms with E-state index in [1.807, 2.05) is 61.7 Å². The molecule has 0 aliphatic rings. The molecule has 0 radical (unpaired) electrons. The maximum absolute atomic E-state index is 12.5. The standard InChI is InChI=1S/C21H21N3O2S2/c1-3-18(20(26)24-21-22-11-12-27-21)28-16-9-6-8-15(13-16)23-19(25)17-10-5-4-7-14(17)2/h4-13,18H,3H2,1-2H3,(H,23,25)(H,22,24,26). The van der Waals surface area contributed by atoms with Crippen molar-refractivity contribution in [1.82, 2.24) is 4.98 Å². The number of hydrogen-bond acceptors (Lipinski definition) is 5. The minimum atomic E-state index is -0.244. The van der Waals surface area contributed by atoms with Gasteiger partial charge in [-0.15, -0.1) is 23.1 Å². The molecule has 2 aromatic carbocycles. The molecule has 1 unspecified atom stereocenters. The van der Waals surface area contributed by atoms with E-state index in [9.17, 15) is 9.59 Å². The zero-order valence-corrected chi connectivity index (χ0v) is 17.3. The molecule has 5 nitrogen and oxygen atoms in total. The molecule has 0 saturated carbocycles. The average Bonchev–Trinajstić information content (AvgIpc) is 3.19. The van der Waals surface area contributed by atoms with Crippen molar-refractivity contribution in [3.8, 4) is 0 Å². The van der Waals surface area contributed by atoms with Crippen LogP contribution < -0.4 is 10.6 Å². The van der Waals surface area contributed by atoms with Gasteiger partial charge >= 0.3 is 0 Å². The third kappa shape index (κ3) is 5.21. The predicted molar refractivity (Wildman–Crippen MR) is 116 cm³/mol. The monoisotopic (exact) mass is 411 g/mol. The molecule has 0 spiro atoms. The zero-order valence-electron chi connectivity index (χ0n) is 15.6. The first-order chi connectivity index (χ1) is 13.6. The molecule has 3 rings (SSSR count). The summed E-state index contributed by atoms with van der Waals surface area (Å²) in [6.07, 6.45) is 2.34. The number of anilines is 2. The third-order valence-corrected chi connectivity index (χ3v) is 6.13. The number of carbonyl (C=O) groups is 2. The Morgan fingerprint density at radius 1 is 1.14 bits per heavy atom. The number of rotatable bonds is 7. The van der Waals surface area contributed by atoms with E-state index in [1.165, 1.54) is 23.1 Å². The van der Waals surface area contributed by atoms with E-state index in [2.05, 4.69) is 15.6 Å². The van der Waals surface area contributed by atoms with Crippen LogP contribution in [-0.2, 0) is 4.79 Å². The lowest BCUT2D eigenvalue weighted by molar-refractivity contribution is -0.115. The average molecular weight is 412 g/mol. The molecule has 0 aliphatic heterocycles. The van der Waals surface area contributed by atoms with Gasteiger partial charge in [-0.25, -0.2) is 4.98 Å². The minimum Gasteiger partial charge on any atom is -0.322 e. The van der Waals surface area contributed by atoms with E-state index in [0.29, 0.717) is 22.8 Å². The first kappa shape index (κ1) is 20.1. The minimum absolute atomic E-state index is 0.0724. The predicted octanol–water partition coefficient (Wildman–Crippen LogP) is 5.21. The summed E-state index contributed by atoms with van der Waals surface area (Å²) >= 11 is 2.87. The van der Waals surface area contributed by atoms with Crippen LogP contribution in [0.4, 0.5) is 10.8 Å². The summed E-state index contributed by atoms with van der Waals surface area (Å²) in [4.78, 5) is 30.0. The fourth-order valence-corrected chi connectivity index (χ4v) is 4.18. The van der Waals surface area contributed by atoms with Crippen LogP contribution in [0.1, 0.15) is 29.3 Å². The number of aryl methyl sites for hydroxylation is 1. The van der Waals surface area contributed by atoms with Gasteiger partial charge in [-0.1, -0.05) is 31.2 Å². The van der Waals surface area contributed by atoms with Crippen molar-refractivity contribution in [3.63, 3.8) is 0 Å². The molecule has 28 heavy (non-hydrogen) atoms. The van der Waals surface area contributed by atoms with Crippen molar-refractivity contribution in [1.29, 1.82) is 0 Å².